The second-order valence-corrected chi connectivity index (χ2v) is 5.72. The highest BCUT2D eigenvalue weighted by molar-refractivity contribution is 5.94. The average molecular weight is 337 g/mol. The van der Waals surface area contributed by atoms with Crippen LogP contribution >= 0.6 is 0 Å². The summed E-state index contributed by atoms with van der Waals surface area (Å²) in [6.45, 7) is 5.29. The molecule has 0 saturated heterocycles. The van der Waals surface area contributed by atoms with Gasteiger partial charge in [-0.05, 0) is 24.3 Å². The molecule has 7 heteroatoms. The van der Waals surface area contributed by atoms with E-state index in [1.54, 1.807) is 31.3 Å². The lowest BCUT2D eigenvalue weighted by Gasteiger charge is -2.14. The molecule has 1 rings (SSSR count). The van der Waals surface area contributed by atoms with E-state index in [4.69, 9.17) is 4.74 Å². The average Bonchev–Trinajstić information content (AvgIpc) is 2.59. The van der Waals surface area contributed by atoms with Gasteiger partial charge in [-0.25, -0.2) is 0 Å². The van der Waals surface area contributed by atoms with Crippen LogP contribution in [0.5, 0.6) is 5.75 Å². The standard InChI is InChI=1S/C17H27N3O4/c1-12(2)16(22)20-9-8-19-10-14(21)11-24-15-6-4-13(5-7-15)17(23)18-3/h4-7,12,14,19,21H,8-11H2,1-3H3,(H,18,23)(H,20,22). The predicted octanol–water partition coefficient (Wildman–Crippen LogP) is 0.148. The minimum absolute atomic E-state index is 0.0147. The summed E-state index contributed by atoms with van der Waals surface area (Å²) in [5.74, 6) is 0.418. The second-order valence-electron chi connectivity index (χ2n) is 5.72. The fourth-order valence-electron chi connectivity index (χ4n) is 1.85. The van der Waals surface area contributed by atoms with Crippen LogP contribution in [0.15, 0.2) is 24.3 Å². The molecular formula is C17H27N3O4. The SMILES string of the molecule is CNC(=O)c1ccc(OCC(O)CNCCNC(=O)C(C)C)cc1. The Kier molecular flexibility index (Phi) is 8.81. The molecule has 0 aliphatic heterocycles. The molecule has 0 aromatic heterocycles. The van der Waals surface area contributed by atoms with Crippen molar-refractivity contribution in [2.24, 2.45) is 5.92 Å². The largest absolute Gasteiger partial charge is 0.491 e. The van der Waals surface area contributed by atoms with Crippen LogP contribution in [0.2, 0.25) is 0 Å². The van der Waals surface area contributed by atoms with E-state index in [0.29, 0.717) is 30.9 Å². The third-order valence-corrected chi connectivity index (χ3v) is 3.29. The fourth-order valence-corrected chi connectivity index (χ4v) is 1.85. The molecule has 1 aromatic carbocycles. The van der Waals surface area contributed by atoms with E-state index in [1.165, 1.54) is 0 Å². The molecule has 0 aliphatic carbocycles. The van der Waals surface area contributed by atoms with Gasteiger partial charge in [0.25, 0.3) is 5.91 Å². The molecule has 0 aliphatic rings. The van der Waals surface area contributed by atoms with Crippen molar-refractivity contribution in [1.29, 1.82) is 0 Å². The van der Waals surface area contributed by atoms with Crippen LogP contribution in [0.25, 0.3) is 0 Å². The Morgan fingerprint density at radius 1 is 1.17 bits per heavy atom. The summed E-state index contributed by atoms with van der Waals surface area (Å²) in [7, 11) is 1.57. The number of hydrogen-bond donors (Lipinski definition) is 4. The number of ether oxygens (including phenoxy) is 1. The summed E-state index contributed by atoms with van der Waals surface area (Å²) < 4.78 is 5.47. The molecule has 7 nitrogen and oxygen atoms in total. The molecule has 0 bridgehead atoms. The number of aliphatic hydroxyl groups excluding tert-OH is 1. The second kappa shape index (κ2) is 10.6. The van der Waals surface area contributed by atoms with Crippen molar-refractivity contribution < 1.29 is 19.4 Å². The predicted molar refractivity (Wildman–Crippen MR) is 92.1 cm³/mol. The van der Waals surface area contributed by atoms with Gasteiger partial charge < -0.3 is 25.8 Å². The van der Waals surface area contributed by atoms with E-state index in [2.05, 4.69) is 16.0 Å². The molecule has 0 spiro atoms. The van der Waals surface area contributed by atoms with Crippen LogP contribution in [0, 0.1) is 5.92 Å². The normalized spacial score (nSPS) is 11.9. The number of rotatable bonds is 10. The van der Waals surface area contributed by atoms with E-state index >= 15 is 0 Å². The quantitative estimate of drug-likeness (QED) is 0.456. The maximum atomic E-state index is 11.4. The highest BCUT2D eigenvalue weighted by Gasteiger charge is 2.07. The first-order valence-electron chi connectivity index (χ1n) is 8.05. The minimum Gasteiger partial charge on any atom is -0.491 e. The summed E-state index contributed by atoms with van der Waals surface area (Å²) in [5.41, 5.74) is 0.551. The van der Waals surface area contributed by atoms with Crippen molar-refractivity contribution in [3.63, 3.8) is 0 Å². The zero-order valence-electron chi connectivity index (χ0n) is 14.5. The molecule has 4 N–H and O–H groups in total. The first-order valence-corrected chi connectivity index (χ1v) is 8.05. The van der Waals surface area contributed by atoms with Crippen molar-refractivity contribution >= 4 is 11.8 Å². The molecule has 1 aromatic rings. The summed E-state index contributed by atoms with van der Waals surface area (Å²) in [4.78, 5) is 22.8. The number of nitrogens with one attached hydrogen (secondary N) is 3. The molecule has 2 amide bonds. The molecule has 0 heterocycles. The highest BCUT2D eigenvalue weighted by atomic mass is 16.5. The Balaban J connectivity index is 2.18. The van der Waals surface area contributed by atoms with Gasteiger partial charge in [0.2, 0.25) is 5.91 Å². The topological polar surface area (TPSA) is 99.7 Å². The van der Waals surface area contributed by atoms with E-state index < -0.39 is 6.10 Å². The van der Waals surface area contributed by atoms with Crippen molar-refractivity contribution in [3.8, 4) is 5.75 Å². The molecule has 1 unspecified atom stereocenters. The van der Waals surface area contributed by atoms with Gasteiger partial charge in [-0.1, -0.05) is 13.8 Å². The number of hydrogen-bond acceptors (Lipinski definition) is 5. The molecule has 134 valence electrons. The third kappa shape index (κ3) is 7.43. The van der Waals surface area contributed by atoms with Crippen molar-refractivity contribution in [2.45, 2.75) is 20.0 Å². The fraction of sp³-hybridized carbons (Fsp3) is 0.529. The Bertz CT molecular complexity index is 517. The number of carbonyl (C=O) groups is 2. The van der Waals surface area contributed by atoms with E-state index in [-0.39, 0.29) is 24.3 Å². The summed E-state index contributed by atoms with van der Waals surface area (Å²) in [5, 5.41) is 18.2. The number of amides is 2. The monoisotopic (exact) mass is 337 g/mol. The van der Waals surface area contributed by atoms with Crippen LogP contribution in [-0.2, 0) is 4.79 Å². The van der Waals surface area contributed by atoms with Crippen molar-refractivity contribution in [2.75, 3.05) is 33.3 Å². The van der Waals surface area contributed by atoms with Crippen LogP contribution in [0.3, 0.4) is 0 Å². The van der Waals surface area contributed by atoms with E-state index in [9.17, 15) is 14.7 Å². The van der Waals surface area contributed by atoms with Crippen LogP contribution in [-0.4, -0.2) is 56.3 Å². The number of benzene rings is 1. The third-order valence-electron chi connectivity index (χ3n) is 3.29. The van der Waals surface area contributed by atoms with Gasteiger partial charge in [0, 0.05) is 38.2 Å². The minimum atomic E-state index is -0.663. The Hall–Kier alpha value is -2.12. The van der Waals surface area contributed by atoms with Crippen molar-refractivity contribution in [1.82, 2.24) is 16.0 Å². The molecule has 24 heavy (non-hydrogen) atoms. The smallest absolute Gasteiger partial charge is 0.251 e. The Morgan fingerprint density at radius 2 is 1.83 bits per heavy atom. The number of carbonyl (C=O) groups excluding carboxylic acids is 2. The highest BCUT2D eigenvalue weighted by Crippen LogP contribution is 2.12. The van der Waals surface area contributed by atoms with E-state index in [1.807, 2.05) is 13.8 Å². The van der Waals surface area contributed by atoms with Gasteiger partial charge in [0.15, 0.2) is 0 Å². The first kappa shape index (κ1) is 19.9. The van der Waals surface area contributed by atoms with Gasteiger partial charge in [-0.2, -0.15) is 0 Å². The molecular weight excluding hydrogens is 310 g/mol. The molecule has 0 saturated carbocycles. The van der Waals surface area contributed by atoms with Gasteiger partial charge >= 0.3 is 0 Å². The number of aliphatic hydroxyl groups is 1. The zero-order valence-corrected chi connectivity index (χ0v) is 14.5. The lowest BCUT2D eigenvalue weighted by atomic mass is 10.2. The molecule has 0 fully saturated rings. The van der Waals surface area contributed by atoms with Gasteiger partial charge in [-0.3, -0.25) is 9.59 Å². The van der Waals surface area contributed by atoms with Crippen LogP contribution < -0.4 is 20.7 Å². The summed E-state index contributed by atoms with van der Waals surface area (Å²) in [6.07, 6.45) is -0.663. The first-order chi connectivity index (χ1) is 11.4. The molecule has 1 atom stereocenters. The van der Waals surface area contributed by atoms with Crippen LogP contribution in [0.4, 0.5) is 0 Å². The van der Waals surface area contributed by atoms with Gasteiger partial charge in [0.05, 0.1) is 0 Å². The van der Waals surface area contributed by atoms with Crippen molar-refractivity contribution in [3.05, 3.63) is 29.8 Å². The maximum Gasteiger partial charge on any atom is 0.251 e. The summed E-state index contributed by atoms with van der Waals surface area (Å²) in [6, 6.07) is 6.70. The van der Waals surface area contributed by atoms with Gasteiger partial charge in [-0.15, -0.1) is 0 Å². The maximum absolute atomic E-state index is 11.4. The van der Waals surface area contributed by atoms with E-state index in [0.717, 1.165) is 0 Å². The Labute approximate surface area is 142 Å². The molecule has 0 radical (unpaired) electrons. The lowest BCUT2D eigenvalue weighted by Crippen LogP contribution is -2.38. The van der Waals surface area contributed by atoms with Gasteiger partial charge in [0.1, 0.15) is 18.5 Å². The Morgan fingerprint density at radius 3 is 2.42 bits per heavy atom. The van der Waals surface area contributed by atoms with Crippen LogP contribution in [0.1, 0.15) is 24.2 Å². The zero-order chi connectivity index (χ0) is 17.9. The summed E-state index contributed by atoms with van der Waals surface area (Å²) >= 11 is 0. The lowest BCUT2D eigenvalue weighted by molar-refractivity contribution is -0.123.